The van der Waals surface area contributed by atoms with Gasteiger partial charge in [-0.05, 0) is 19.3 Å². The van der Waals surface area contributed by atoms with E-state index >= 15 is 0 Å². The van der Waals surface area contributed by atoms with Crippen molar-refractivity contribution in [2.75, 3.05) is 46.3 Å². The van der Waals surface area contributed by atoms with Crippen LogP contribution in [0.5, 0.6) is 0 Å². The molecule has 0 atom stereocenters. The van der Waals surface area contributed by atoms with E-state index in [4.69, 9.17) is 0 Å². The summed E-state index contributed by atoms with van der Waals surface area (Å²) in [7, 11) is 1.57. The van der Waals surface area contributed by atoms with Crippen LogP contribution in [0.4, 0.5) is 4.79 Å². The molecule has 132 valence electrons. The molecule has 0 N–H and O–H groups in total. The molecule has 0 bridgehead atoms. The molecule has 0 unspecified atom stereocenters. The van der Waals surface area contributed by atoms with Crippen LogP contribution in [0.25, 0.3) is 0 Å². The monoisotopic (exact) mass is 335 g/mol. The van der Waals surface area contributed by atoms with Crippen molar-refractivity contribution < 1.29 is 14.4 Å². The van der Waals surface area contributed by atoms with Gasteiger partial charge in [0.1, 0.15) is 5.71 Å². The fourth-order valence-corrected chi connectivity index (χ4v) is 3.39. The van der Waals surface area contributed by atoms with Gasteiger partial charge in [0.2, 0.25) is 5.91 Å². The maximum atomic E-state index is 12.5. The van der Waals surface area contributed by atoms with Gasteiger partial charge in [-0.2, -0.15) is 5.10 Å². The number of hydrogen-bond acceptors (Lipinski definition) is 4. The number of carbonyl (C=O) groups is 3. The number of carbonyl (C=O) groups excluding carboxylic acids is 3. The summed E-state index contributed by atoms with van der Waals surface area (Å²) < 4.78 is 0. The fourth-order valence-electron chi connectivity index (χ4n) is 3.39. The number of piperazine rings is 1. The normalized spacial score (nSPS) is 22.5. The molecule has 0 aliphatic carbocycles. The van der Waals surface area contributed by atoms with Crippen molar-refractivity contribution in [2.45, 2.75) is 32.1 Å². The summed E-state index contributed by atoms with van der Waals surface area (Å²) in [6, 6.07) is 0.0992. The number of amides is 4. The SMILES string of the molecule is CN1N=C(C(=O)N2CCN(C(=O)N3CCCCC3)CC2)CCC1=O. The maximum absolute atomic E-state index is 12.5. The standard InChI is InChI=1S/C16H25N5O3/c1-18-14(22)6-5-13(17-18)15(23)19-9-11-21(12-10-19)16(24)20-7-3-2-4-8-20/h2-12H2,1H3. The average molecular weight is 335 g/mol. The molecule has 0 saturated carbocycles. The Kier molecular flexibility index (Phi) is 5.01. The number of hydrazone groups is 1. The first-order valence-corrected chi connectivity index (χ1v) is 8.73. The Morgan fingerprint density at radius 3 is 2.04 bits per heavy atom. The van der Waals surface area contributed by atoms with E-state index in [1.54, 1.807) is 11.9 Å². The first-order valence-electron chi connectivity index (χ1n) is 8.73. The molecule has 8 heteroatoms. The molecule has 2 fully saturated rings. The highest BCUT2D eigenvalue weighted by atomic mass is 16.2. The second-order valence-corrected chi connectivity index (χ2v) is 6.57. The minimum absolute atomic E-state index is 0.0662. The zero-order valence-electron chi connectivity index (χ0n) is 14.2. The van der Waals surface area contributed by atoms with E-state index in [0.717, 1.165) is 25.9 Å². The van der Waals surface area contributed by atoms with Crippen molar-refractivity contribution in [3.05, 3.63) is 0 Å². The van der Waals surface area contributed by atoms with Crippen LogP contribution in [0.1, 0.15) is 32.1 Å². The fraction of sp³-hybridized carbons (Fsp3) is 0.750. The summed E-state index contributed by atoms with van der Waals surface area (Å²) in [4.78, 5) is 42.0. The van der Waals surface area contributed by atoms with Crippen molar-refractivity contribution in [3.8, 4) is 0 Å². The van der Waals surface area contributed by atoms with Gasteiger partial charge in [0.25, 0.3) is 5.91 Å². The predicted molar refractivity (Wildman–Crippen MR) is 88.4 cm³/mol. The Hall–Kier alpha value is -2.12. The van der Waals surface area contributed by atoms with Gasteiger partial charge >= 0.3 is 6.03 Å². The Labute approximate surface area is 142 Å². The molecule has 3 rings (SSSR count). The van der Waals surface area contributed by atoms with Crippen LogP contribution in [-0.2, 0) is 9.59 Å². The topological polar surface area (TPSA) is 76.5 Å². The second-order valence-electron chi connectivity index (χ2n) is 6.57. The number of nitrogens with zero attached hydrogens (tertiary/aromatic N) is 5. The first-order chi connectivity index (χ1) is 11.6. The predicted octanol–water partition coefficient (Wildman–Crippen LogP) is 0.345. The summed E-state index contributed by atoms with van der Waals surface area (Å²) >= 11 is 0. The molecule has 0 spiro atoms. The zero-order valence-corrected chi connectivity index (χ0v) is 14.2. The van der Waals surface area contributed by atoms with E-state index in [0.29, 0.717) is 44.7 Å². The van der Waals surface area contributed by atoms with Crippen LogP contribution in [0.15, 0.2) is 5.10 Å². The van der Waals surface area contributed by atoms with Crippen LogP contribution in [0.2, 0.25) is 0 Å². The number of urea groups is 1. The maximum Gasteiger partial charge on any atom is 0.320 e. The number of piperidine rings is 1. The minimum atomic E-state index is -0.112. The number of likely N-dealkylation sites (tertiary alicyclic amines) is 1. The molecule has 4 amide bonds. The van der Waals surface area contributed by atoms with Gasteiger partial charge < -0.3 is 14.7 Å². The van der Waals surface area contributed by atoms with Gasteiger partial charge in [-0.15, -0.1) is 0 Å². The Balaban J connectivity index is 1.53. The summed E-state index contributed by atoms with van der Waals surface area (Å²) in [5.41, 5.74) is 0.438. The summed E-state index contributed by atoms with van der Waals surface area (Å²) in [6.45, 7) is 3.85. The van der Waals surface area contributed by atoms with Gasteiger partial charge in [-0.3, -0.25) is 9.59 Å². The van der Waals surface area contributed by atoms with Crippen LogP contribution in [0.3, 0.4) is 0 Å². The summed E-state index contributed by atoms with van der Waals surface area (Å²) in [5.74, 6) is -0.178. The molecule has 0 aromatic rings. The molecule has 2 saturated heterocycles. The lowest BCUT2D eigenvalue weighted by molar-refractivity contribution is -0.131. The molecule has 0 radical (unpaired) electrons. The highest BCUT2D eigenvalue weighted by molar-refractivity contribution is 6.39. The third-order valence-electron chi connectivity index (χ3n) is 4.92. The molecule has 3 aliphatic heterocycles. The smallest absolute Gasteiger partial charge is 0.320 e. The van der Waals surface area contributed by atoms with E-state index < -0.39 is 0 Å². The van der Waals surface area contributed by atoms with Gasteiger partial charge in [0.05, 0.1) is 0 Å². The summed E-state index contributed by atoms with van der Waals surface area (Å²) in [6.07, 6.45) is 4.08. The lowest BCUT2D eigenvalue weighted by Gasteiger charge is -2.38. The molecular formula is C16H25N5O3. The highest BCUT2D eigenvalue weighted by Gasteiger charge is 2.31. The molecule has 0 aromatic heterocycles. The van der Waals surface area contributed by atoms with Gasteiger partial charge in [-0.25, -0.2) is 9.80 Å². The molecule has 24 heavy (non-hydrogen) atoms. The second kappa shape index (κ2) is 7.19. The van der Waals surface area contributed by atoms with Crippen molar-refractivity contribution in [1.82, 2.24) is 19.7 Å². The lowest BCUT2D eigenvalue weighted by Crippen LogP contribution is -2.56. The van der Waals surface area contributed by atoms with Crippen LogP contribution in [0, 0.1) is 0 Å². The van der Waals surface area contributed by atoms with E-state index in [-0.39, 0.29) is 17.8 Å². The Bertz CT molecular complexity index is 548. The van der Waals surface area contributed by atoms with Crippen LogP contribution in [-0.4, -0.2) is 89.6 Å². The molecule has 3 aliphatic rings. The first kappa shape index (κ1) is 16.7. The highest BCUT2D eigenvalue weighted by Crippen LogP contribution is 2.14. The van der Waals surface area contributed by atoms with Crippen molar-refractivity contribution in [3.63, 3.8) is 0 Å². The van der Waals surface area contributed by atoms with Gasteiger partial charge in [-0.1, -0.05) is 0 Å². The Morgan fingerprint density at radius 1 is 0.833 bits per heavy atom. The molecule has 3 heterocycles. The van der Waals surface area contributed by atoms with Gasteiger partial charge in [0, 0.05) is 59.2 Å². The molecule has 0 aromatic carbocycles. The van der Waals surface area contributed by atoms with Gasteiger partial charge in [0.15, 0.2) is 0 Å². The van der Waals surface area contributed by atoms with Crippen LogP contribution >= 0.6 is 0 Å². The largest absolute Gasteiger partial charge is 0.334 e. The number of hydrogen-bond donors (Lipinski definition) is 0. The third-order valence-corrected chi connectivity index (χ3v) is 4.92. The van der Waals surface area contributed by atoms with E-state index in [1.807, 2.05) is 9.80 Å². The third kappa shape index (κ3) is 3.52. The minimum Gasteiger partial charge on any atom is -0.334 e. The zero-order chi connectivity index (χ0) is 17.1. The van der Waals surface area contributed by atoms with Crippen molar-refractivity contribution in [1.29, 1.82) is 0 Å². The Morgan fingerprint density at radius 2 is 1.42 bits per heavy atom. The molecular weight excluding hydrogens is 310 g/mol. The quantitative estimate of drug-likeness (QED) is 0.693. The summed E-state index contributed by atoms with van der Waals surface area (Å²) in [5, 5.41) is 5.33. The lowest BCUT2D eigenvalue weighted by atomic mass is 10.1. The van der Waals surface area contributed by atoms with Crippen molar-refractivity contribution >= 4 is 23.6 Å². The van der Waals surface area contributed by atoms with E-state index in [9.17, 15) is 14.4 Å². The van der Waals surface area contributed by atoms with E-state index in [1.165, 1.54) is 11.4 Å². The van der Waals surface area contributed by atoms with Crippen molar-refractivity contribution in [2.24, 2.45) is 5.10 Å². The van der Waals surface area contributed by atoms with E-state index in [2.05, 4.69) is 5.10 Å². The van der Waals surface area contributed by atoms with Crippen LogP contribution < -0.4 is 0 Å². The average Bonchev–Trinajstić information content (AvgIpc) is 2.63. The molecule has 8 nitrogen and oxygen atoms in total. The number of rotatable bonds is 1.